The first kappa shape index (κ1) is 12.8. The number of Topliss-reactive ketones (excluding diaryl/α,β-unsaturated/α-hetero) is 1. The molecule has 0 aliphatic rings. The van der Waals surface area contributed by atoms with Crippen LogP contribution in [0.3, 0.4) is 0 Å². The zero-order valence-corrected chi connectivity index (χ0v) is 8.79. The van der Waals surface area contributed by atoms with Crippen LogP contribution in [-0.2, 0) is 9.59 Å². The number of ketones is 2. The van der Waals surface area contributed by atoms with Crippen molar-refractivity contribution in [2.24, 2.45) is 0 Å². The van der Waals surface area contributed by atoms with E-state index in [-0.39, 0.29) is 11.6 Å². The molecule has 0 rings (SSSR count). The molecule has 14 heavy (non-hydrogen) atoms. The van der Waals surface area contributed by atoms with Crippen LogP contribution in [0, 0.1) is 0 Å². The first-order valence-electron chi connectivity index (χ1n) is 5.04. The molecule has 0 atom stereocenters. The molecule has 2 heteroatoms. The Kier molecular flexibility index (Phi) is 7.71. The van der Waals surface area contributed by atoms with Crippen LogP contribution in [0.2, 0.25) is 0 Å². The summed E-state index contributed by atoms with van der Waals surface area (Å²) in [6.07, 6.45) is 8.10. The molecule has 0 aliphatic carbocycles. The van der Waals surface area contributed by atoms with Gasteiger partial charge in [0.05, 0.1) is 0 Å². The average Bonchev–Trinajstić information content (AvgIpc) is 2.21. The maximum Gasteiger partial charge on any atom is 0.155 e. The number of hydrogen-bond donors (Lipinski definition) is 0. The summed E-state index contributed by atoms with van der Waals surface area (Å²) < 4.78 is 0. The molecule has 0 amide bonds. The third-order valence-electron chi connectivity index (χ3n) is 1.94. The van der Waals surface area contributed by atoms with Gasteiger partial charge in [-0.3, -0.25) is 9.59 Å². The van der Waals surface area contributed by atoms with Crippen molar-refractivity contribution in [1.82, 2.24) is 0 Å². The highest BCUT2D eigenvalue weighted by molar-refractivity contribution is 5.89. The second-order valence-electron chi connectivity index (χ2n) is 3.16. The molecule has 0 unspecified atom stereocenters. The van der Waals surface area contributed by atoms with Gasteiger partial charge in [0.15, 0.2) is 5.78 Å². The monoisotopic (exact) mass is 194 g/mol. The SMILES string of the molecule is C=C/C=C/C(=O)CCCCC(=O)CC. The Hall–Kier alpha value is -1.18. The zero-order chi connectivity index (χ0) is 10.8. The lowest BCUT2D eigenvalue weighted by atomic mass is 10.1. The van der Waals surface area contributed by atoms with E-state index < -0.39 is 0 Å². The highest BCUT2D eigenvalue weighted by Gasteiger charge is 1.99. The van der Waals surface area contributed by atoms with Crippen molar-refractivity contribution in [3.8, 4) is 0 Å². The van der Waals surface area contributed by atoms with Gasteiger partial charge in [-0.25, -0.2) is 0 Å². The van der Waals surface area contributed by atoms with E-state index in [0.717, 1.165) is 12.8 Å². The number of rotatable bonds is 8. The van der Waals surface area contributed by atoms with Gasteiger partial charge in [0.2, 0.25) is 0 Å². The van der Waals surface area contributed by atoms with Gasteiger partial charge in [-0.1, -0.05) is 25.7 Å². The molecule has 0 saturated carbocycles. The van der Waals surface area contributed by atoms with Gasteiger partial charge in [0.25, 0.3) is 0 Å². The van der Waals surface area contributed by atoms with E-state index in [1.165, 1.54) is 6.08 Å². The Balaban J connectivity index is 3.45. The Morgan fingerprint density at radius 2 is 1.86 bits per heavy atom. The smallest absolute Gasteiger partial charge is 0.155 e. The van der Waals surface area contributed by atoms with Crippen LogP contribution in [0.15, 0.2) is 24.8 Å². The standard InChI is InChI=1S/C12H18O2/c1-3-5-8-12(14)10-7-6-9-11(13)4-2/h3,5,8H,1,4,6-7,9-10H2,2H3/b8-5+. The van der Waals surface area contributed by atoms with E-state index in [0.29, 0.717) is 19.3 Å². The first-order chi connectivity index (χ1) is 6.70. The Labute approximate surface area is 85.7 Å². The molecule has 0 spiro atoms. The summed E-state index contributed by atoms with van der Waals surface area (Å²) in [5.41, 5.74) is 0. The van der Waals surface area contributed by atoms with Gasteiger partial charge in [0, 0.05) is 19.3 Å². The largest absolute Gasteiger partial charge is 0.300 e. The van der Waals surface area contributed by atoms with Gasteiger partial charge < -0.3 is 0 Å². The van der Waals surface area contributed by atoms with Crippen LogP contribution in [0.25, 0.3) is 0 Å². The maximum atomic E-state index is 11.1. The third kappa shape index (κ3) is 7.47. The first-order valence-corrected chi connectivity index (χ1v) is 5.04. The van der Waals surface area contributed by atoms with E-state index in [9.17, 15) is 9.59 Å². The van der Waals surface area contributed by atoms with Crippen molar-refractivity contribution in [1.29, 1.82) is 0 Å². The zero-order valence-electron chi connectivity index (χ0n) is 8.79. The van der Waals surface area contributed by atoms with Crippen molar-refractivity contribution in [3.05, 3.63) is 24.8 Å². The van der Waals surface area contributed by atoms with Crippen LogP contribution in [0.4, 0.5) is 0 Å². The van der Waals surface area contributed by atoms with E-state index >= 15 is 0 Å². The summed E-state index contributed by atoms with van der Waals surface area (Å²) in [7, 11) is 0. The molecule has 0 bridgehead atoms. The Morgan fingerprint density at radius 3 is 2.43 bits per heavy atom. The molecular formula is C12H18O2. The summed E-state index contributed by atoms with van der Waals surface area (Å²) in [6, 6.07) is 0. The minimum absolute atomic E-state index is 0.105. The van der Waals surface area contributed by atoms with Crippen LogP contribution < -0.4 is 0 Å². The van der Waals surface area contributed by atoms with Gasteiger partial charge >= 0.3 is 0 Å². The maximum absolute atomic E-state index is 11.1. The Bertz CT molecular complexity index is 226. The molecule has 0 aliphatic heterocycles. The second-order valence-corrected chi connectivity index (χ2v) is 3.16. The van der Waals surface area contributed by atoms with Gasteiger partial charge in [0.1, 0.15) is 5.78 Å². The summed E-state index contributed by atoms with van der Waals surface area (Å²) in [6.45, 7) is 5.34. The van der Waals surface area contributed by atoms with Gasteiger partial charge in [-0.2, -0.15) is 0 Å². The summed E-state index contributed by atoms with van der Waals surface area (Å²) >= 11 is 0. The minimum atomic E-state index is 0.105. The van der Waals surface area contributed by atoms with Crippen molar-refractivity contribution in [2.75, 3.05) is 0 Å². The molecule has 78 valence electrons. The molecule has 0 radical (unpaired) electrons. The highest BCUT2D eigenvalue weighted by Crippen LogP contribution is 2.03. The van der Waals surface area contributed by atoms with Crippen LogP contribution >= 0.6 is 0 Å². The fourth-order valence-corrected chi connectivity index (χ4v) is 1.06. The van der Waals surface area contributed by atoms with Crippen molar-refractivity contribution < 1.29 is 9.59 Å². The number of carbonyl (C=O) groups excluding carboxylic acids is 2. The average molecular weight is 194 g/mol. The van der Waals surface area contributed by atoms with E-state index in [2.05, 4.69) is 6.58 Å². The van der Waals surface area contributed by atoms with Crippen molar-refractivity contribution in [3.63, 3.8) is 0 Å². The number of allylic oxidation sites excluding steroid dienone is 3. The van der Waals surface area contributed by atoms with E-state index in [4.69, 9.17) is 0 Å². The lowest BCUT2D eigenvalue weighted by Crippen LogP contribution is -1.97. The van der Waals surface area contributed by atoms with Crippen molar-refractivity contribution >= 4 is 11.6 Å². The minimum Gasteiger partial charge on any atom is -0.300 e. The lowest BCUT2D eigenvalue weighted by molar-refractivity contribution is -0.119. The number of carbonyl (C=O) groups is 2. The third-order valence-corrected chi connectivity index (χ3v) is 1.94. The van der Waals surface area contributed by atoms with E-state index in [1.54, 1.807) is 12.2 Å². The predicted octanol–water partition coefficient (Wildman–Crippen LogP) is 2.84. The second kappa shape index (κ2) is 8.42. The van der Waals surface area contributed by atoms with Gasteiger partial charge in [-0.05, 0) is 18.9 Å². The molecular weight excluding hydrogens is 176 g/mol. The normalized spacial score (nSPS) is 10.4. The quantitative estimate of drug-likeness (QED) is 0.338. The Morgan fingerprint density at radius 1 is 1.21 bits per heavy atom. The van der Waals surface area contributed by atoms with Gasteiger partial charge in [-0.15, -0.1) is 0 Å². The topological polar surface area (TPSA) is 34.1 Å². The highest BCUT2D eigenvalue weighted by atomic mass is 16.1. The predicted molar refractivity (Wildman–Crippen MR) is 58.1 cm³/mol. The van der Waals surface area contributed by atoms with E-state index in [1.807, 2.05) is 6.92 Å². The molecule has 0 aromatic carbocycles. The molecule has 2 nitrogen and oxygen atoms in total. The number of unbranched alkanes of at least 4 members (excludes halogenated alkanes) is 1. The lowest BCUT2D eigenvalue weighted by Gasteiger charge is -1.96. The van der Waals surface area contributed by atoms with Crippen molar-refractivity contribution in [2.45, 2.75) is 39.0 Å². The summed E-state index contributed by atoms with van der Waals surface area (Å²) in [4.78, 5) is 22.0. The molecule has 0 N–H and O–H groups in total. The van der Waals surface area contributed by atoms with Crippen LogP contribution in [0.1, 0.15) is 39.0 Å². The summed E-state index contributed by atoms with van der Waals surface area (Å²) in [5.74, 6) is 0.382. The molecule has 0 fully saturated rings. The van der Waals surface area contributed by atoms with Crippen LogP contribution in [0.5, 0.6) is 0 Å². The fourth-order valence-electron chi connectivity index (χ4n) is 1.06. The molecule has 0 heterocycles. The summed E-state index contributed by atoms with van der Waals surface area (Å²) in [5, 5.41) is 0. The molecule has 0 saturated heterocycles. The number of hydrogen-bond acceptors (Lipinski definition) is 2. The molecule has 0 aromatic heterocycles. The fraction of sp³-hybridized carbons (Fsp3) is 0.500. The van der Waals surface area contributed by atoms with Crippen LogP contribution in [-0.4, -0.2) is 11.6 Å². The molecule has 0 aromatic rings.